The van der Waals surface area contributed by atoms with Gasteiger partial charge in [-0.05, 0) is 62.3 Å². The quantitative estimate of drug-likeness (QED) is 0.590. The summed E-state index contributed by atoms with van der Waals surface area (Å²) in [6, 6.07) is 7.70. The van der Waals surface area contributed by atoms with Crippen LogP contribution in [0.15, 0.2) is 29.2 Å². The molecule has 6 rings (SSSR count). The average Bonchev–Trinajstić information content (AvgIpc) is 2.87. The van der Waals surface area contributed by atoms with E-state index in [9.17, 15) is 0 Å². The highest BCUT2D eigenvalue weighted by atomic mass is 32.1. The van der Waals surface area contributed by atoms with Crippen LogP contribution in [-0.4, -0.2) is 24.0 Å². The van der Waals surface area contributed by atoms with Gasteiger partial charge >= 0.3 is 0 Å². The molecule has 1 aromatic rings. The molecule has 1 aromatic carbocycles. The van der Waals surface area contributed by atoms with Crippen LogP contribution in [0.5, 0.6) is 5.75 Å². The summed E-state index contributed by atoms with van der Waals surface area (Å²) in [4.78, 5) is 12.9. The molecule has 5 nitrogen and oxygen atoms in total. The molecule has 1 spiro atoms. The van der Waals surface area contributed by atoms with Gasteiger partial charge in [-0.3, -0.25) is 0 Å². The molecule has 27 heavy (non-hydrogen) atoms. The topological polar surface area (TPSA) is 46.2 Å². The molecule has 4 aliphatic heterocycles. The van der Waals surface area contributed by atoms with E-state index in [1.165, 1.54) is 6.42 Å². The zero-order valence-corrected chi connectivity index (χ0v) is 17.0. The summed E-state index contributed by atoms with van der Waals surface area (Å²) in [5.74, 6) is 1.40. The number of fused-ring (bicyclic) bond motifs is 2. The monoisotopic (exact) mass is 392 g/mol. The molecular weight excluding hydrogens is 364 g/mol. The van der Waals surface area contributed by atoms with Crippen molar-refractivity contribution in [3.63, 3.8) is 0 Å². The molecule has 4 heterocycles. The highest BCUT2D eigenvalue weighted by molar-refractivity contribution is 7.80. The van der Waals surface area contributed by atoms with E-state index in [1.807, 2.05) is 31.2 Å². The highest BCUT2D eigenvalue weighted by Gasteiger charge is 2.69. The van der Waals surface area contributed by atoms with Gasteiger partial charge in [0.2, 0.25) is 12.1 Å². The van der Waals surface area contributed by atoms with Gasteiger partial charge in [-0.25, -0.2) is 9.78 Å². The van der Waals surface area contributed by atoms with Crippen LogP contribution >= 0.6 is 12.6 Å². The van der Waals surface area contributed by atoms with Crippen LogP contribution in [0.1, 0.15) is 46.5 Å². The van der Waals surface area contributed by atoms with Gasteiger partial charge in [0.1, 0.15) is 5.75 Å². The third kappa shape index (κ3) is 2.76. The number of hydrogen-bond acceptors (Lipinski definition) is 6. The Morgan fingerprint density at radius 2 is 1.81 bits per heavy atom. The molecule has 0 radical (unpaired) electrons. The van der Waals surface area contributed by atoms with Gasteiger partial charge in [0, 0.05) is 23.2 Å². The highest BCUT2D eigenvalue weighted by Crippen LogP contribution is 2.60. The third-order valence-corrected chi connectivity index (χ3v) is 7.48. The van der Waals surface area contributed by atoms with Gasteiger partial charge in [0.25, 0.3) is 0 Å². The van der Waals surface area contributed by atoms with Crippen LogP contribution in [0.25, 0.3) is 0 Å². The molecule has 8 atom stereocenters. The summed E-state index contributed by atoms with van der Waals surface area (Å²) in [6.07, 6.45) is 3.26. The molecule has 6 heteroatoms. The van der Waals surface area contributed by atoms with Gasteiger partial charge in [-0.1, -0.05) is 13.8 Å². The summed E-state index contributed by atoms with van der Waals surface area (Å²) in [7, 11) is 0. The van der Waals surface area contributed by atoms with Crippen LogP contribution in [-0.2, 0) is 19.2 Å². The number of ether oxygens (including phenoxy) is 3. The maximum absolute atomic E-state index is 6.42. The van der Waals surface area contributed by atoms with Crippen molar-refractivity contribution in [3.05, 3.63) is 24.3 Å². The first-order valence-electron chi connectivity index (χ1n) is 10.1. The maximum atomic E-state index is 6.42. The zero-order chi connectivity index (χ0) is 18.8. The van der Waals surface area contributed by atoms with Gasteiger partial charge in [-0.2, -0.15) is 0 Å². The SMILES string of the molecule is C[C@H]1[C@@H](Oc2ccc(S)cc2)O[C@@H]2O[C@@]3(C)CC[C@H]4[C@H](C)CC[C@@H]1[C@@]24OO3. The van der Waals surface area contributed by atoms with E-state index in [2.05, 4.69) is 26.5 Å². The van der Waals surface area contributed by atoms with Crippen LogP contribution in [0.3, 0.4) is 0 Å². The van der Waals surface area contributed by atoms with E-state index in [0.29, 0.717) is 11.8 Å². The fourth-order valence-corrected chi connectivity index (χ4v) is 5.81. The van der Waals surface area contributed by atoms with Crippen LogP contribution in [0.4, 0.5) is 0 Å². The summed E-state index contributed by atoms with van der Waals surface area (Å²) < 4.78 is 19.0. The normalized spacial score (nSPS) is 48.6. The van der Waals surface area contributed by atoms with Crippen molar-refractivity contribution in [3.8, 4) is 5.75 Å². The first kappa shape index (κ1) is 18.3. The molecule has 0 aromatic heterocycles. The number of rotatable bonds is 2. The maximum Gasteiger partial charge on any atom is 0.205 e. The molecule has 148 valence electrons. The predicted molar refractivity (Wildman–Crippen MR) is 101 cm³/mol. The number of benzene rings is 1. The summed E-state index contributed by atoms with van der Waals surface area (Å²) in [5, 5.41) is 0. The lowest BCUT2D eigenvalue weighted by Gasteiger charge is -2.60. The fourth-order valence-electron chi connectivity index (χ4n) is 5.67. The number of hydrogen-bond donors (Lipinski definition) is 1. The molecule has 0 amide bonds. The smallest absolute Gasteiger partial charge is 0.205 e. The van der Waals surface area contributed by atoms with E-state index in [-0.39, 0.29) is 18.1 Å². The molecule has 5 aliphatic rings. The lowest BCUT2D eigenvalue weighted by atomic mass is 9.58. The van der Waals surface area contributed by atoms with Crippen LogP contribution in [0.2, 0.25) is 0 Å². The van der Waals surface area contributed by atoms with Gasteiger partial charge in [0.05, 0.1) is 0 Å². The van der Waals surface area contributed by atoms with Crippen molar-refractivity contribution < 1.29 is 24.0 Å². The van der Waals surface area contributed by atoms with Crippen molar-refractivity contribution in [2.24, 2.45) is 23.7 Å². The lowest BCUT2D eigenvalue weighted by Crippen LogP contribution is -2.70. The van der Waals surface area contributed by atoms with E-state index < -0.39 is 17.7 Å². The Morgan fingerprint density at radius 3 is 2.59 bits per heavy atom. The first-order chi connectivity index (χ1) is 12.9. The first-order valence-corrected chi connectivity index (χ1v) is 10.5. The van der Waals surface area contributed by atoms with Crippen molar-refractivity contribution in [2.45, 2.75) is 75.3 Å². The second-order valence-corrected chi connectivity index (χ2v) is 9.40. The summed E-state index contributed by atoms with van der Waals surface area (Å²) in [6.45, 7) is 6.46. The lowest BCUT2D eigenvalue weighted by molar-refractivity contribution is -0.575. The van der Waals surface area contributed by atoms with Crippen LogP contribution in [0, 0.1) is 23.7 Å². The minimum atomic E-state index is -0.754. The summed E-state index contributed by atoms with van der Waals surface area (Å²) in [5.41, 5.74) is -0.540. The molecule has 1 aliphatic carbocycles. The second-order valence-electron chi connectivity index (χ2n) is 8.89. The van der Waals surface area contributed by atoms with Gasteiger partial charge in [-0.15, -0.1) is 12.6 Å². The van der Waals surface area contributed by atoms with Crippen molar-refractivity contribution in [1.29, 1.82) is 0 Å². The Balaban J connectivity index is 1.48. The van der Waals surface area contributed by atoms with Crippen molar-refractivity contribution in [1.82, 2.24) is 0 Å². The van der Waals surface area contributed by atoms with Crippen molar-refractivity contribution >= 4 is 12.6 Å². The second kappa shape index (κ2) is 6.36. The largest absolute Gasteiger partial charge is 0.465 e. The van der Waals surface area contributed by atoms with Gasteiger partial charge < -0.3 is 14.2 Å². The van der Waals surface area contributed by atoms with E-state index in [4.69, 9.17) is 24.0 Å². The van der Waals surface area contributed by atoms with Crippen molar-refractivity contribution in [2.75, 3.05) is 0 Å². The zero-order valence-electron chi connectivity index (χ0n) is 16.1. The molecule has 4 saturated heterocycles. The fraction of sp³-hybridized carbons (Fsp3) is 0.714. The molecule has 0 N–H and O–H groups in total. The minimum absolute atomic E-state index is 0.168. The van der Waals surface area contributed by atoms with E-state index in [0.717, 1.165) is 29.9 Å². The Hall–Kier alpha value is -0.790. The Labute approximate surface area is 166 Å². The summed E-state index contributed by atoms with van der Waals surface area (Å²) >= 11 is 4.34. The van der Waals surface area contributed by atoms with E-state index in [1.54, 1.807) is 0 Å². The third-order valence-electron chi connectivity index (χ3n) is 7.19. The molecule has 1 saturated carbocycles. The molecule has 5 fully saturated rings. The molecular formula is C21H28O5S. The minimum Gasteiger partial charge on any atom is -0.465 e. The Morgan fingerprint density at radius 1 is 1.04 bits per heavy atom. The molecule has 0 unspecified atom stereocenters. The molecule has 2 bridgehead atoms. The standard InChI is InChI=1S/C21H28O5S/c1-12-4-9-17-13(2)18(22-14-5-7-15(27)8-6-14)23-19-21(17)16(12)10-11-20(3,24-19)25-26-21/h5-8,12-13,16-19,27H,4,9-11H2,1-3H3/t12-,13-,16+,17+,18+,19-,20-,21-/m1/s1. The average molecular weight is 393 g/mol. The Kier molecular flexibility index (Phi) is 4.30. The number of thiol groups is 1. The van der Waals surface area contributed by atoms with E-state index >= 15 is 0 Å². The van der Waals surface area contributed by atoms with Crippen LogP contribution < -0.4 is 4.74 Å². The predicted octanol–water partition coefficient (Wildman–Crippen LogP) is 4.56. The van der Waals surface area contributed by atoms with Gasteiger partial charge in [0.15, 0.2) is 11.9 Å². The Bertz CT molecular complexity index is 711.